The highest BCUT2D eigenvalue weighted by Gasteiger charge is 2.31. The van der Waals surface area contributed by atoms with Gasteiger partial charge in [-0.15, -0.1) is 0 Å². The van der Waals surface area contributed by atoms with E-state index in [1.54, 1.807) is 30.5 Å². The van der Waals surface area contributed by atoms with Gasteiger partial charge in [0.1, 0.15) is 23.9 Å². The molecule has 3 aromatic carbocycles. The van der Waals surface area contributed by atoms with Crippen LogP contribution in [0.5, 0.6) is 0 Å². The Morgan fingerprint density at radius 3 is 2.12 bits per heavy atom. The van der Waals surface area contributed by atoms with Crippen molar-refractivity contribution in [1.29, 1.82) is 5.41 Å². The molecule has 0 aliphatic carbocycles. The molecule has 1 heterocycles. The lowest BCUT2D eigenvalue weighted by molar-refractivity contribution is -0.133. The minimum atomic E-state index is -1.19. The van der Waals surface area contributed by atoms with Crippen LogP contribution in [-0.4, -0.2) is 82.9 Å². The van der Waals surface area contributed by atoms with Gasteiger partial charge in [-0.05, 0) is 73.1 Å². The number of hydrogen-bond donors (Lipinski definition) is 10. The SMILES string of the molecule is CC(C)CC(C[C@H](O)CNC(=O)[C@H](Cc1ccccc1)NC(=O)c1ccc(F)cc1)C(=O)N[C@@H](CCCNC(=N)N)C(=O)N[C@@H](Cc1c[nH]c2ccccc12)C(N)=O. The Labute approximate surface area is 336 Å². The van der Waals surface area contributed by atoms with E-state index < -0.39 is 65.5 Å². The fourth-order valence-electron chi connectivity index (χ4n) is 6.64. The standard InChI is InChI=1S/C42H54FN9O6/c1-25(2)19-28(21-31(53)24-49-40(57)36(20-26-9-4-3-5-10-26)52-38(55)27-14-16-30(43)17-15-27)39(56)50-34(13-8-18-47-42(45)46)41(58)51-35(37(44)54)22-29-23-48-33-12-7-6-11-32(29)33/h3-7,9-12,14-17,23,25,28,31,34-36,48,53H,8,13,18-22,24H2,1-2H3,(H2,44,54)(H,49,57)(H,50,56)(H,51,58)(H,52,55)(H4,45,46,47)/t28?,31-,34-,35-,36-/m0/s1. The number of halogens is 1. The number of nitrogens with one attached hydrogen (secondary N) is 7. The Kier molecular flexibility index (Phi) is 16.7. The highest BCUT2D eigenvalue weighted by Crippen LogP contribution is 2.21. The number of aliphatic hydroxyl groups is 1. The van der Waals surface area contributed by atoms with Crippen LogP contribution in [-0.2, 0) is 32.0 Å². The maximum atomic E-state index is 13.9. The highest BCUT2D eigenvalue weighted by molar-refractivity contribution is 5.97. The molecule has 4 aromatic rings. The van der Waals surface area contributed by atoms with Gasteiger partial charge in [-0.1, -0.05) is 62.4 Å². The topological polar surface area (TPSA) is 257 Å². The third kappa shape index (κ3) is 14.0. The minimum absolute atomic E-state index is 0.0110. The largest absolute Gasteiger partial charge is 0.391 e. The van der Waals surface area contributed by atoms with Crippen LogP contribution < -0.4 is 38.1 Å². The van der Waals surface area contributed by atoms with Crippen molar-refractivity contribution < 1.29 is 33.5 Å². The highest BCUT2D eigenvalue weighted by atomic mass is 19.1. The lowest BCUT2D eigenvalue weighted by atomic mass is 9.90. The average Bonchev–Trinajstić information content (AvgIpc) is 3.60. The van der Waals surface area contributed by atoms with E-state index >= 15 is 0 Å². The first-order chi connectivity index (χ1) is 27.7. The monoisotopic (exact) mass is 799 g/mol. The number of hydrogen-bond acceptors (Lipinski definition) is 7. The molecule has 15 nitrogen and oxygen atoms in total. The second-order valence-electron chi connectivity index (χ2n) is 14.8. The summed E-state index contributed by atoms with van der Waals surface area (Å²) in [7, 11) is 0. The maximum Gasteiger partial charge on any atom is 0.251 e. The van der Waals surface area contributed by atoms with Crippen molar-refractivity contribution in [3.63, 3.8) is 0 Å². The van der Waals surface area contributed by atoms with Gasteiger partial charge >= 0.3 is 0 Å². The zero-order valence-corrected chi connectivity index (χ0v) is 32.7. The molecule has 0 spiro atoms. The molecular weight excluding hydrogens is 746 g/mol. The van der Waals surface area contributed by atoms with Crippen LogP contribution in [0.1, 0.15) is 61.0 Å². The van der Waals surface area contributed by atoms with Gasteiger partial charge in [0.05, 0.1) is 6.10 Å². The van der Waals surface area contributed by atoms with E-state index in [0.29, 0.717) is 12.8 Å². The first kappa shape index (κ1) is 44.4. The molecule has 0 saturated heterocycles. The number of guanidine groups is 1. The lowest BCUT2D eigenvalue weighted by Crippen LogP contribution is -2.54. The molecule has 12 N–H and O–H groups in total. The summed E-state index contributed by atoms with van der Waals surface area (Å²) in [6.07, 6.45) is 1.52. The average molecular weight is 800 g/mol. The third-order valence-corrected chi connectivity index (χ3v) is 9.58. The molecule has 58 heavy (non-hydrogen) atoms. The number of amides is 5. The van der Waals surface area contributed by atoms with Crippen LogP contribution in [0.3, 0.4) is 0 Å². The van der Waals surface area contributed by atoms with Gasteiger partial charge in [-0.25, -0.2) is 4.39 Å². The molecule has 1 aromatic heterocycles. The number of aliphatic hydroxyl groups excluding tert-OH is 1. The van der Waals surface area contributed by atoms with Gasteiger partial charge < -0.3 is 48.1 Å². The molecule has 5 atom stereocenters. The van der Waals surface area contributed by atoms with E-state index in [2.05, 4.69) is 31.6 Å². The number of aromatic amines is 1. The number of H-pyrrole nitrogens is 1. The number of para-hydroxylation sites is 1. The quantitative estimate of drug-likeness (QED) is 0.0319. The molecule has 0 aliphatic heterocycles. The molecular formula is C42H54FN9O6. The van der Waals surface area contributed by atoms with E-state index in [9.17, 15) is 33.5 Å². The van der Waals surface area contributed by atoms with Crippen LogP contribution in [0.25, 0.3) is 10.9 Å². The second kappa shape index (κ2) is 21.9. The van der Waals surface area contributed by atoms with Crippen LogP contribution in [0.2, 0.25) is 0 Å². The molecule has 0 saturated carbocycles. The first-order valence-electron chi connectivity index (χ1n) is 19.3. The second-order valence-corrected chi connectivity index (χ2v) is 14.8. The van der Waals surface area contributed by atoms with Crippen molar-refractivity contribution in [2.75, 3.05) is 13.1 Å². The van der Waals surface area contributed by atoms with Gasteiger partial charge in [-0.3, -0.25) is 29.4 Å². The first-order valence-corrected chi connectivity index (χ1v) is 19.3. The van der Waals surface area contributed by atoms with Gasteiger partial charge in [-0.2, -0.15) is 0 Å². The fraction of sp³-hybridized carbons (Fsp3) is 0.381. The molecule has 5 amide bonds. The van der Waals surface area contributed by atoms with Crippen molar-refractivity contribution in [3.05, 3.63) is 108 Å². The zero-order valence-electron chi connectivity index (χ0n) is 32.7. The number of primary amides is 1. The van der Waals surface area contributed by atoms with Gasteiger partial charge in [0.25, 0.3) is 5.91 Å². The third-order valence-electron chi connectivity index (χ3n) is 9.58. The fourth-order valence-corrected chi connectivity index (χ4v) is 6.64. The van der Waals surface area contributed by atoms with E-state index in [4.69, 9.17) is 16.9 Å². The van der Waals surface area contributed by atoms with E-state index in [-0.39, 0.29) is 56.2 Å². The number of carbonyl (C=O) groups excluding carboxylic acids is 5. The van der Waals surface area contributed by atoms with Gasteiger partial charge in [0.2, 0.25) is 23.6 Å². The van der Waals surface area contributed by atoms with Crippen molar-refractivity contribution in [2.45, 2.75) is 76.6 Å². The van der Waals surface area contributed by atoms with Crippen molar-refractivity contribution >= 4 is 46.4 Å². The Morgan fingerprint density at radius 2 is 1.45 bits per heavy atom. The van der Waals surface area contributed by atoms with Crippen molar-refractivity contribution in [1.82, 2.24) is 31.6 Å². The summed E-state index contributed by atoms with van der Waals surface area (Å²) in [5.74, 6) is -4.60. The number of nitrogens with two attached hydrogens (primary N) is 2. The smallest absolute Gasteiger partial charge is 0.251 e. The van der Waals surface area contributed by atoms with Crippen LogP contribution in [0.4, 0.5) is 4.39 Å². The van der Waals surface area contributed by atoms with Gasteiger partial charge in [0.15, 0.2) is 5.96 Å². The summed E-state index contributed by atoms with van der Waals surface area (Å²) in [5, 5.41) is 33.0. The Morgan fingerprint density at radius 1 is 0.776 bits per heavy atom. The number of carbonyl (C=O) groups is 5. The summed E-state index contributed by atoms with van der Waals surface area (Å²) in [6.45, 7) is 3.82. The molecule has 1 unspecified atom stereocenters. The Bertz CT molecular complexity index is 2010. The Hall–Kier alpha value is -6.29. The predicted octanol–water partition coefficient (Wildman–Crippen LogP) is 2.14. The van der Waals surface area contributed by atoms with E-state index in [1.165, 1.54) is 12.1 Å². The number of fused-ring (bicyclic) bond motifs is 1. The van der Waals surface area contributed by atoms with Crippen molar-refractivity contribution in [2.24, 2.45) is 23.3 Å². The van der Waals surface area contributed by atoms with Crippen LogP contribution in [0, 0.1) is 23.1 Å². The Balaban J connectivity index is 1.43. The molecule has 0 bridgehead atoms. The number of aromatic nitrogens is 1. The summed E-state index contributed by atoms with van der Waals surface area (Å²) in [4.78, 5) is 69.8. The van der Waals surface area contributed by atoms with E-state index in [1.807, 2.05) is 44.2 Å². The zero-order chi connectivity index (χ0) is 42.2. The molecule has 4 rings (SSSR count). The molecule has 16 heteroatoms. The predicted molar refractivity (Wildman–Crippen MR) is 219 cm³/mol. The molecule has 0 aliphatic rings. The summed E-state index contributed by atoms with van der Waals surface area (Å²) >= 11 is 0. The summed E-state index contributed by atoms with van der Waals surface area (Å²) in [6, 6.07) is 18.2. The van der Waals surface area contributed by atoms with Crippen molar-refractivity contribution in [3.8, 4) is 0 Å². The normalized spacial score (nSPS) is 13.7. The van der Waals surface area contributed by atoms with Gasteiger partial charge in [0, 0.05) is 54.5 Å². The summed E-state index contributed by atoms with van der Waals surface area (Å²) < 4.78 is 13.5. The maximum absolute atomic E-state index is 13.9. The lowest BCUT2D eigenvalue weighted by Gasteiger charge is -2.26. The minimum Gasteiger partial charge on any atom is -0.391 e. The summed E-state index contributed by atoms with van der Waals surface area (Å²) in [5.41, 5.74) is 13.7. The molecule has 310 valence electrons. The number of rotatable bonds is 22. The van der Waals surface area contributed by atoms with E-state index in [0.717, 1.165) is 34.2 Å². The van der Waals surface area contributed by atoms with Crippen LogP contribution in [0.15, 0.2) is 85.1 Å². The molecule has 0 fully saturated rings. The van der Waals surface area contributed by atoms with Crippen LogP contribution >= 0.6 is 0 Å². The number of benzene rings is 3. The molecule has 0 radical (unpaired) electrons.